The van der Waals surface area contributed by atoms with Gasteiger partial charge < -0.3 is 10.3 Å². The highest BCUT2D eigenvalue weighted by atomic mass is 35.5. The van der Waals surface area contributed by atoms with Crippen LogP contribution < -0.4 is 10.7 Å². The molecule has 1 unspecified atom stereocenters. The van der Waals surface area contributed by atoms with E-state index in [0.717, 1.165) is 5.56 Å². The van der Waals surface area contributed by atoms with Gasteiger partial charge in [-0.1, -0.05) is 23.7 Å². The average molecular weight is 277 g/mol. The van der Waals surface area contributed by atoms with Crippen LogP contribution >= 0.6 is 11.6 Å². The van der Waals surface area contributed by atoms with Crippen LogP contribution in [0, 0.1) is 0 Å². The molecular formula is C14H13ClN2O2. The van der Waals surface area contributed by atoms with Gasteiger partial charge in [0.1, 0.15) is 5.56 Å². The number of halogens is 1. The molecule has 0 bridgehead atoms. The summed E-state index contributed by atoms with van der Waals surface area (Å²) in [6.07, 6.45) is 2.88. The van der Waals surface area contributed by atoms with Gasteiger partial charge in [0.25, 0.3) is 5.91 Å². The van der Waals surface area contributed by atoms with Crippen molar-refractivity contribution in [1.29, 1.82) is 0 Å². The SMILES string of the molecule is CC(NC(=O)c1c[nH]ccc1=O)c1cccc(Cl)c1. The van der Waals surface area contributed by atoms with Crippen molar-refractivity contribution in [3.63, 3.8) is 0 Å². The number of aromatic nitrogens is 1. The van der Waals surface area contributed by atoms with Gasteiger partial charge in [0, 0.05) is 23.5 Å². The number of amides is 1. The molecule has 0 aliphatic heterocycles. The molecule has 2 N–H and O–H groups in total. The molecule has 1 aromatic carbocycles. The number of pyridine rings is 1. The molecule has 0 spiro atoms. The lowest BCUT2D eigenvalue weighted by atomic mass is 10.1. The summed E-state index contributed by atoms with van der Waals surface area (Å²) in [7, 11) is 0. The standard InChI is InChI=1S/C14H13ClN2O2/c1-9(10-3-2-4-11(15)7-10)17-14(19)12-8-16-6-5-13(12)18/h2-9H,1H3,(H,16,18)(H,17,19). The molecule has 5 heteroatoms. The molecular weight excluding hydrogens is 264 g/mol. The Bertz CT molecular complexity index is 652. The van der Waals surface area contributed by atoms with Crippen LogP contribution in [0.2, 0.25) is 5.02 Å². The van der Waals surface area contributed by atoms with Gasteiger partial charge in [0.2, 0.25) is 0 Å². The zero-order valence-corrected chi connectivity index (χ0v) is 11.1. The Morgan fingerprint density at radius 3 is 2.84 bits per heavy atom. The second kappa shape index (κ2) is 5.71. The summed E-state index contributed by atoms with van der Waals surface area (Å²) in [6.45, 7) is 1.83. The molecule has 4 nitrogen and oxygen atoms in total. The predicted octanol–water partition coefficient (Wildman–Crippen LogP) is 2.52. The monoisotopic (exact) mass is 276 g/mol. The molecule has 1 heterocycles. The van der Waals surface area contributed by atoms with Gasteiger partial charge in [-0.2, -0.15) is 0 Å². The van der Waals surface area contributed by atoms with Crippen LogP contribution in [0.3, 0.4) is 0 Å². The third kappa shape index (κ3) is 3.23. The highest BCUT2D eigenvalue weighted by Gasteiger charge is 2.13. The molecule has 2 rings (SSSR count). The van der Waals surface area contributed by atoms with Crippen molar-refractivity contribution in [3.8, 4) is 0 Å². The Labute approximate surface area is 115 Å². The second-order valence-electron chi connectivity index (χ2n) is 4.17. The lowest BCUT2D eigenvalue weighted by molar-refractivity contribution is 0.0938. The van der Waals surface area contributed by atoms with E-state index in [-0.39, 0.29) is 17.0 Å². The maximum absolute atomic E-state index is 12.0. The fourth-order valence-corrected chi connectivity index (χ4v) is 1.93. The van der Waals surface area contributed by atoms with E-state index in [2.05, 4.69) is 10.3 Å². The topological polar surface area (TPSA) is 62.0 Å². The first-order chi connectivity index (χ1) is 9.08. The van der Waals surface area contributed by atoms with E-state index >= 15 is 0 Å². The summed E-state index contributed by atoms with van der Waals surface area (Å²) in [4.78, 5) is 26.2. The van der Waals surface area contributed by atoms with Crippen molar-refractivity contribution >= 4 is 17.5 Å². The largest absolute Gasteiger partial charge is 0.367 e. The second-order valence-corrected chi connectivity index (χ2v) is 4.61. The van der Waals surface area contributed by atoms with E-state index in [1.807, 2.05) is 19.1 Å². The van der Waals surface area contributed by atoms with E-state index in [1.54, 1.807) is 12.1 Å². The van der Waals surface area contributed by atoms with Gasteiger partial charge >= 0.3 is 0 Å². The zero-order chi connectivity index (χ0) is 13.8. The summed E-state index contributed by atoms with van der Waals surface area (Å²) in [5.74, 6) is -0.408. The summed E-state index contributed by atoms with van der Waals surface area (Å²) in [5.41, 5.74) is 0.666. The number of hydrogen-bond acceptors (Lipinski definition) is 2. The summed E-state index contributed by atoms with van der Waals surface area (Å²) in [6, 6.07) is 8.31. The quantitative estimate of drug-likeness (QED) is 0.905. The number of rotatable bonds is 3. The van der Waals surface area contributed by atoms with Crippen molar-refractivity contribution in [1.82, 2.24) is 10.3 Å². The fraction of sp³-hybridized carbons (Fsp3) is 0.143. The summed E-state index contributed by atoms with van der Waals surface area (Å²) < 4.78 is 0. The number of hydrogen-bond donors (Lipinski definition) is 2. The summed E-state index contributed by atoms with van der Waals surface area (Å²) >= 11 is 5.90. The molecule has 0 aliphatic rings. The first-order valence-corrected chi connectivity index (χ1v) is 6.19. The van der Waals surface area contributed by atoms with E-state index in [4.69, 9.17) is 11.6 Å². The van der Waals surface area contributed by atoms with Crippen molar-refractivity contribution in [2.24, 2.45) is 0 Å². The first kappa shape index (κ1) is 13.4. The predicted molar refractivity (Wildman–Crippen MR) is 74.4 cm³/mol. The Balaban J connectivity index is 2.16. The zero-order valence-electron chi connectivity index (χ0n) is 10.3. The van der Waals surface area contributed by atoms with Gasteiger partial charge in [0.15, 0.2) is 5.43 Å². The Hall–Kier alpha value is -2.07. The van der Waals surface area contributed by atoms with Crippen LogP contribution in [-0.2, 0) is 0 Å². The van der Waals surface area contributed by atoms with E-state index in [0.29, 0.717) is 5.02 Å². The smallest absolute Gasteiger partial charge is 0.257 e. The van der Waals surface area contributed by atoms with Crippen LogP contribution in [0.4, 0.5) is 0 Å². The summed E-state index contributed by atoms with van der Waals surface area (Å²) in [5, 5.41) is 3.37. The van der Waals surface area contributed by atoms with Gasteiger partial charge in [-0.25, -0.2) is 0 Å². The number of nitrogens with one attached hydrogen (secondary N) is 2. The normalized spacial score (nSPS) is 11.9. The number of carbonyl (C=O) groups is 1. The molecule has 0 aliphatic carbocycles. The molecule has 98 valence electrons. The third-order valence-electron chi connectivity index (χ3n) is 2.76. The number of carbonyl (C=O) groups excluding carboxylic acids is 1. The van der Waals surface area contributed by atoms with Crippen molar-refractivity contribution in [2.75, 3.05) is 0 Å². The van der Waals surface area contributed by atoms with Gasteiger partial charge in [-0.05, 0) is 24.6 Å². The Kier molecular flexibility index (Phi) is 4.02. The first-order valence-electron chi connectivity index (χ1n) is 5.81. The maximum Gasteiger partial charge on any atom is 0.257 e. The minimum Gasteiger partial charge on any atom is -0.367 e. The lowest BCUT2D eigenvalue weighted by Gasteiger charge is -2.14. The highest BCUT2D eigenvalue weighted by Crippen LogP contribution is 2.17. The van der Waals surface area contributed by atoms with E-state index < -0.39 is 5.91 Å². The maximum atomic E-state index is 12.0. The van der Waals surface area contributed by atoms with Gasteiger partial charge in [-0.3, -0.25) is 9.59 Å². The number of H-pyrrole nitrogens is 1. The van der Waals surface area contributed by atoms with Crippen molar-refractivity contribution in [3.05, 3.63) is 69.1 Å². The minimum absolute atomic E-state index is 0.0939. The van der Waals surface area contributed by atoms with Crippen LogP contribution in [0.25, 0.3) is 0 Å². The minimum atomic E-state index is -0.408. The molecule has 0 fully saturated rings. The molecule has 1 amide bonds. The van der Waals surface area contributed by atoms with Crippen LogP contribution in [0.1, 0.15) is 28.9 Å². The Morgan fingerprint density at radius 1 is 1.37 bits per heavy atom. The fourth-order valence-electron chi connectivity index (χ4n) is 1.73. The number of benzene rings is 1. The van der Waals surface area contributed by atoms with E-state index in [9.17, 15) is 9.59 Å². The molecule has 0 saturated heterocycles. The van der Waals surface area contributed by atoms with Crippen molar-refractivity contribution in [2.45, 2.75) is 13.0 Å². The highest BCUT2D eigenvalue weighted by molar-refractivity contribution is 6.30. The van der Waals surface area contributed by atoms with Gasteiger partial charge in [0.05, 0.1) is 6.04 Å². The third-order valence-corrected chi connectivity index (χ3v) is 3.00. The van der Waals surface area contributed by atoms with E-state index in [1.165, 1.54) is 18.5 Å². The molecule has 0 radical (unpaired) electrons. The van der Waals surface area contributed by atoms with Crippen molar-refractivity contribution < 1.29 is 4.79 Å². The molecule has 1 atom stereocenters. The molecule has 19 heavy (non-hydrogen) atoms. The molecule has 0 saturated carbocycles. The molecule has 1 aromatic heterocycles. The number of aromatic amines is 1. The van der Waals surface area contributed by atoms with Crippen LogP contribution in [-0.4, -0.2) is 10.9 Å². The molecule has 2 aromatic rings. The average Bonchev–Trinajstić information content (AvgIpc) is 2.39. The lowest BCUT2D eigenvalue weighted by Crippen LogP contribution is -2.30. The van der Waals surface area contributed by atoms with Crippen LogP contribution in [0.15, 0.2) is 47.5 Å². The Morgan fingerprint density at radius 2 is 2.16 bits per heavy atom. The van der Waals surface area contributed by atoms with Gasteiger partial charge in [-0.15, -0.1) is 0 Å². The van der Waals surface area contributed by atoms with Crippen LogP contribution in [0.5, 0.6) is 0 Å².